The number of allylic oxidation sites excluding steroid dienone is 2. The molecular formula is C22H27N3O5S. The number of fused-ring (bicyclic) bond motifs is 1. The molecule has 9 heteroatoms. The van der Waals surface area contributed by atoms with E-state index in [0.29, 0.717) is 31.6 Å². The van der Waals surface area contributed by atoms with Crippen LogP contribution in [0.2, 0.25) is 0 Å². The summed E-state index contributed by atoms with van der Waals surface area (Å²) in [6, 6.07) is 6.00. The van der Waals surface area contributed by atoms with Gasteiger partial charge in [-0.2, -0.15) is 4.31 Å². The fourth-order valence-electron chi connectivity index (χ4n) is 4.51. The van der Waals surface area contributed by atoms with Crippen LogP contribution in [0.3, 0.4) is 0 Å². The fourth-order valence-corrected chi connectivity index (χ4v) is 6.03. The molecule has 1 aromatic carbocycles. The summed E-state index contributed by atoms with van der Waals surface area (Å²) in [6.07, 6.45) is 8.65. The predicted octanol–water partition coefficient (Wildman–Crippen LogP) is 2.14. The number of sulfonamides is 1. The maximum atomic E-state index is 12.9. The molecule has 2 saturated heterocycles. The quantitative estimate of drug-likeness (QED) is 0.552. The Hall–Kier alpha value is -2.52. The van der Waals surface area contributed by atoms with Crippen LogP contribution in [-0.4, -0.2) is 55.0 Å². The van der Waals surface area contributed by atoms with Crippen LogP contribution in [-0.2, 0) is 24.4 Å². The molecule has 0 aromatic heterocycles. The van der Waals surface area contributed by atoms with Crippen molar-refractivity contribution in [3.63, 3.8) is 0 Å². The minimum atomic E-state index is -3.56. The lowest BCUT2D eigenvalue weighted by Crippen LogP contribution is -2.38. The zero-order valence-electron chi connectivity index (χ0n) is 17.3. The molecule has 8 nitrogen and oxygen atoms in total. The van der Waals surface area contributed by atoms with Crippen LogP contribution in [0, 0.1) is 11.8 Å². The molecule has 166 valence electrons. The molecule has 0 bridgehead atoms. The topological polar surface area (TPSA) is 104 Å². The van der Waals surface area contributed by atoms with Gasteiger partial charge >= 0.3 is 0 Å². The summed E-state index contributed by atoms with van der Waals surface area (Å²) in [4.78, 5) is 38.6. The van der Waals surface area contributed by atoms with Crippen molar-refractivity contribution >= 4 is 33.4 Å². The second-order valence-electron chi connectivity index (χ2n) is 8.31. The lowest BCUT2D eigenvalue weighted by molar-refractivity contribution is -0.142. The van der Waals surface area contributed by atoms with Crippen molar-refractivity contribution in [3.05, 3.63) is 36.4 Å². The molecule has 1 N–H and O–H groups in total. The Kier molecular flexibility index (Phi) is 6.24. The third-order valence-electron chi connectivity index (χ3n) is 6.24. The van der Waals surface area contributed by atoms with Gasteiger partial charge in [0.1, 0.15) is 6.54 Å². The third-order valence-corrected chi connectivity index (χ3v) is 8.15. The summed E-state index contributed by atoms with van der Waals surface area (Å²) in [7, 11) is -3.56. The van der Waals surface area contributed by atoms with E-state index in [4.69, 9.17) is 0 Å². The number of anilines is 1. The first-order chi connectivity index (χ1) is 14.9. The summed E-state index contributed by atoms with van der Waals surface area (Å²) in [5.74, 6) is -1.82. The first kappa shape index (κ1) is 21.7. The third kappa shape index (κ3) is 4.43. The van der Waals surface area contributed by atoms with Gasteiger partial charge in [-0.25, -0.2) is 8.42 Å². The van der Waals surface area contributed by atoms with Crippen LogP contribution in [0.4, 0.5) is 5.69 Å². The van der Waals surface area contributed by atoms with Crippen LogP contribution in [0.5, 0.6) is 0 Å². The first-order valence-electron chi connectivity index (χ1n) is 10.8. The highest BCUT2D eigenvalue weighted by Gasteiger charge is 2.47. The second-order valence-corrected chi connectivity index (χ2v) is 10.2. The highest BCUT2D eigenvalue weighted by Crippen LogP contribution is 2.34. The summed E-state index contributed by atoms with van der Waals surface area (Å²) >= 11 is 0. The normalized spacial score (nSPS) is 24.7. The molecule has 1 aromatic rings. The molecule has 3 aliphatic rings. The van der Waals surface area contributed by atoms with Gasteiger partial charge in [-0.05, 0) is 49.9 Å². The van der Waals surface area contributed by atoms with Crippen molar-refractivity contribution in [2.75, 3.05) is 25.0 Å². The largest absolute Gasteiger partial charge is 0.325 e. The van der Waals surface area contributed by atoms with Crippen molar-refractivity contribution in [3.8, 4) is 0 Å². The minimum Gasteiger partial charge on any atom is -0.325 e. The lowest BCUT2D eigenvalue weighted by atomic mass is 9.85. The molecule has 3 amide bonds. The number of amides is 3. The Bertz CT molecular complexity index is 968. The van der Waals surface area contributed by atoms with E-state index in [1.54, 1.807) is 0 Å². The lowest BCUT2D eigenvalue weighted by Gasteiger charge is -2.20. The zero-order valence-corrected chi connectivity index (χ0v) is 18.1. The van der Waals surface area contributed by atoms with E-state index < -0.39 is 15.9 Å². The molecule has 2 heterocycles. The van der Waals surface area contributed by atoms with Gasteiger partial charge in [-0.1, -0.05) is 25.0 Å². The molecule has 0 spiro atoms. The van der Waals surface area contributed by atoms with Crippen molar-refractivity contribution < 1.29 is 22.8 Å². The fraction of sp³-hybridized carbons (Fsp3) is 0.500. The maximum Gasteiger partial charge on any atom is 0.244 e. The molecular weight excluding hydrogens is 418 g/mol. The van der Waals surface area contributed by atoms with Crippen LogP contribution < -0.4 is 5.32 Å². The molecule has 4 rings (SSSR count). The van der Waals surface area contributed by atoms with E-state index in [1.165, 1.54) is 28.6 Å². The number of likely N-dealkylation sites (tertiary alicyclic amines) is 1. The van der Waals surface area contributed by atoms with E-state index in [0.717, 1.165) is 30.6 Å². The van der Waals surface area contributed by atoms with Crippen molar-refractivity contribution in [2.24, 2.45) is 11.8 Å². The SMILES string of the molecule is O=C(CN1C(=O)C2CC=CCC2C1=O)Nc1ccc(S(=O)(=O)N2CCCCCC2)cc1. The van der Waals surface area contributed by atoms with Gasteiger partial charge in [0.25, 0.3) is 0 Å². The van der Waals surface area contributed by atoms with Gasteiger partial charge in [0, 0.05) is 18.8 Å². The molecule has 2 atom stereocenters. The standard InChI is InChI=1S/C22H27N3O5S/c26-20(15-25-21(27)18-7-3-4-8-19(18)22(25)28)23-16-9-11-17(12-10-16)31(29,30)24-13-5-1-2-6-14-24/h3-4,9-12,18-19H,1-2,5-8,13-15H2,(H,23,26). The van der Waals surface area contributed by atoms with Crippen LogP contribution in [0.1, 0.15) is 38.5 Å². The Morgan fingerprint density at radius 2 is 1.45 bits per heavy atom. The van der Waals surface area contributed by atoms with Gasteiger partial charge in [0.15, 0.2) is 0 Å². The molecule has 0 saturated carbocycles. The number of hydrogen-bond donors (Lipinski definition) is 1. The minimum absolute atomic E-state index is 0.189. The Morgan fingerprint density at radius 3 is 2.00 bits per heavy atom. The van der Waals surface area contributed by atoms with Gasteiger partial charge in [-0.3, -0.25) is 19.3 Å². The predicted molar refractivity (Wildman–Crippen MR) is 114 cm³/mol. The van der Waals surface area contributed by atoms with Crippen molar-refractivity contribution in [1.82, 2.24) is 9.21 Å². The van der Waals surface area contributed by atoms with Crippen LogP contribution in [0.25, 0.3) is 0 Å². The number of nitrogens with one attached hydrogen (secondary N) is 1. The monoisotopic (exact) mass is 445 g/mol. The van der Waals surface area contributed by atoms with Gasteiger partial charge in [0.05, 0.1) is 16.7 Å². The maximum absolute atomic E-state index is 12.9. The number of carbonyl (C=O) groups excluding carboxylic acids is 3. The highest BCUT2D eigenvalue weighted by atomic mass is 32.2. The average molecular weight is 446 g/mol. The number of rotatable bonds is 5. The number of nitrogens with zero attached hydrogens (tertiary/aromatic N) is 2. The molecule has 2 aliphatic heterocycles. The molecule has 2 unspecified atom stereocenters. The van der Waals surface area contributed by atoms with Gasteiger partial charge in [-0.15, -0.1) is 0 Å². The van der Waals surface area contributed by atoms with Gasteiger partial charge in [0.2, 0.25) is 27.7 Å². The first-order valence-corrected chi connectivity index (χ1v) is 12.2. The number of hydrogen-bond acceptors (Lipinski definition) is 5. The highest BCUT2D eigenvalue weighted by molar-refractivity contribution is 7.89. The summed E-state index contributed by atoms with van der Waals surface area (Å²) in [5.41, 5.74) is 0.415. The van der Waals surface area contributed by atoms with E-state index in [-0.39, 0.29) is 35.1 Å². The summed E-state index contributed by atoms with van der Waals surface area (Å²) in [5, 5.41) is 2.65. The Labute approximate surface area is 182 Å². The molecule has 31 heavy (non-hydrogen) atoms. The van der Waals surface area contributed by atoms with Crippen LogP contribution in [0.15, 0.2) is 41.3 Å². The van der Waals surface area contributed by atoms with Crippen LogP contribution >= 0.6 is 0 Å². The smallest absolute Gasteiger partial charge is 0.244 e. The number of imide groups is 1. The van der Waals surface area contributed by atoms with E-state index in [1.807, 2.05) is 12.2 Å². The number of benzene rings is 1. The Balaban J connectivity index is 1.38. The van der Waals surface area contributed by atoms with E-state index in [2.05, 4.69) is 5.32 Å². The number of carbonyl (C=O) groups is 3. The average Bonchev–Trinajstić information content (AvgIpc) is 2.96. The second kappa shape index (κ2) is 8.92. The Morgan fingerprint density at radius 1 is 0.903 bits per heavy atom. The zero-order chi connectivity index (χ0) is 22.0. The van der Waals surface area contributed by atoms with Gasteiger partial charge < -0.3 is 5.32 Å². The van der Waals surface area contributed by atoms with E-state index in [9.17, 15) is 22.8 Å². The van der Waals surface area contributed by atoms with E-state index >= 15 is 0 Å². The summed E-state index contributed by atoms with van der Waals surface area (Å²) in [6.45, 7) is 0.713. The molecule has 2 fully saturated rings. The molecule has 1 aliphatic carbocycles. The summed E-state index contributed by atoms with van der Waals surface area (Å²) < 4.78 is 27.2. The molecule has 0 radical (unpaired) electrons. The van der Waals surface area contributed by atoms with Crippen molar-refractivity contribution in [1.29, 1.82) is 0 Å². The van der Waals surface area contributed by atoms with Crippen molar-refractivity contribution in [2.45, 2.75) is 43.4 Å².